The van der Waals surface area contributed by atoms with Gasteiger partial charge in [0.1, 0.15) is 0 Å². The molecule has 0 bridgehead atoms. The number of nitrogens with one attached hydrogen (secondary N) is 1. The molecule has 0 unspecified atom stereocenters. The van der Waals surface area contributed by atoms with E-state index in [0.717, 1.165) is 32.4 Å². The highest BCUT2D eigenvalue weighted by Gasteiger charge is 2.35. The Morgan fingerprint density at radius 1 is 1.24 bits per heavy atom. The average Bonchev–Trinajstić information content (AvgIpc) is 2.65. The smallest absolute Gasteiger partial charge is 0.316 e. The highest BCUT2D eigenvalue weighted by Crippen LogP contribution is 2.43. The van der Waals surface area contributed by atoms with Crippen LogP contribution >= 0.6 is 11.8 Å². The Labute approximate surface area is 106 Å². The van der Waals surface area contributed by atoms with Crippen molar-refractivity contribution in [1.82, 2.24) is 5.32 Å². The van der Waals surface area contributed by atoms with Gasteiger partial charge in [0.05, 0.1) is 0 Å². The van der Waals surface area contributed by atoms with Gasteiger partial charge in [-0.15, -0.1) is 0 Å². The van der Waals surface area contributed by atoms with Crippen LogP contribution in [0.3, 0.4) is 0 Å². The molecule has 0 atom stereocenters. The largest absolute Gasteiger partial charge is 0.441 e. The van der Waals surface area contributed by atoms with Crippen LogP contribution in [-0.2, 0) is 0 Å². The summed E-state index contributed by atoms with van der Waals surface area (Å²) in [6, 6.07) is 0. The predicted molar refractivity (Wildman–Crippen MR) is 67.2 cm³/mol. The number of halogens is 3. The SMILES string of the molecule is CCCNCC1(CCSC(F)(F)F)CCCC1. The second-order valence-electron chi connectivity index (χ2n) is 4.93. The molecule has 0 amide bonds. The first-order valence-electron chi connectivity index (χ1n) is 6.39. The fraction of sp³-hybridized carbons (Fsp3) is 1.00. The molecule has 0 radical (unpaired) electrons. The first kappa shape index (κ1) is 15.2. The van der Waals surface area contributed by atoms with Gasteiger partial charge in [-0.2, -0.15) is 13.2 Å². The highest BCUT2D eigenvalue weighted by molar-refractivity contribution is 8.00. The van der Waals surface area contributed by atoms with Gasteiger partial charge in [0, 0.05) is 12.3 Å². The summed E-state index contributed by atoms with van der Waals surface area (Å²) in [6.07, 6.45) is 6.28. The monoisotopic (exact) mass is 269 g/mol. The van der Waals surface area contributed by atoms with Gasteiger partial charge >= 0.3 is 5.51 Å². The lowest BCUT2D eigenvalue weighted by atomic mass is 9.83. The van der Waals surface area contributed by atoms with E-state index in [1.54, 1.807) is 0 Å². The first-order valence-corrected chi connectivity index (χ1v) is 7.37. The van der Waals surface area contributed by atoms with Crippen LogP contribution in [0.25, 0.3) is 0 Å². The molecule has 0 aromatic carbocycles. The van der Waals surface area contributed by atoms with Gasteiger partial charge in [0.15, 0.2) is 0 Å². The van der Waals surface area contributed by atoms with E-state index in [1.165, 1.54) is 12.8 Å². The summed E-state index contributed by atoms with van der Waals surface area (Å²) in [6.45, 7) is 3.96. The Hall–Kier alpha value is 0.100. The van der Waals surface area contributed by atoms with Gasteiger partial charge in [0.25, 0.3) is 0 Å². The molecule has 0 aromatic heterocycles. The molecule has 1 N–H and O–H groups in total. The molecule has 1 rings (SSSR count). The molecule has 1 aliphatic carbocycles. The Kier molecular flexibility index (Phi) is 6.13. The Balaban J connectivity index is 2.32. The number of rotatable bonds is 7. The molecule has 0 spiro atoms. The maximum absolute atomic E-state index is 12.1. The summed E-state index contributed by atoms with van der Waals surface area (Å²) >= 11 is 0.130. The zero-order chi connectivity index (χ0) is 12.8. The molecule has 17 heavy (non-hydrogen) atoms. The van der Waals surface area contributed by atoms with Crippen molar-refractivity contribution in [2.45, 2.75) is 51.0 Å². The summed E-state index contributed by atoms with van der Waals surface area (Å²) < 4.78 is 36.3. The normalized spacial score (nSPS) is 19.8. The van der Waals surface area contributed by atoms with Gasteiger partial charge in [-0.1, -0.05) is 31.5 Å². The van der Waals surface area contributed by atoms with Crippen LogP contribution in [0.2, 0.25) is 0 Å². The van der Waals surface area contributed by atoms with E-state index in [1.807, 2.05) is 0 Å². The first-order chi connectivity index (χ1) is 7.97. The predicted octanol–water partition coefficient (Wildman–Crippen LogP) is 4.19. The summed E-state index contributed by atoms with van der Waals surface area (Å²) in [5, 5.41) is 3.37. The van der Waals surface area contributed by atoms with Gasteiger partial charge < -0.3 is 5.32 Å². The number of alkyl halides is 3. The third-order valence-electron chi connectivity index (χ3n) is 3.49. The van der Waals surface area contributed by atoms with Crippen molar-refractivity contribution in [2.24, 2.45) is 5.41 Å². The van der Waals surface area contributed by atoms with Crippen LogP contribution in [0.4, 0.5) is 13.2 Å². The fourth-order valence-electron chi connectivity index (χ4n) is 2.55. The molecular formula is C12H22F3NS. The Bertz CT molecular complexity index is 212. The zero-order valence-corrected chi connectivity index (χ0v) is 11.2. The third-order valence-corrected chi connectivity index (χ3v) is 4.22. The lowest BCUT2D eigenvalue weighted by Crippen LogP contribution is -2.33. The van der Waals surface area contributed by atoms with Crippen molar-refractivity contribution in [1.29, 1.82) is 0 Å². The van der Waals surface area contributed by atoms with Crippen LogP contribution in [0, 0.1) is 5.41 Å². The molecule has 1 aliphatic rings. The van der Waals surface area contributed by atoms with E-state index in [0.29, 0.717) is 6.42 Å². The molecule has 1 saturated carbocycles. The molecule has 0 aliphatic heterocycles. The van der Waals surface area contributed by atoms with Gasteiger partial charge in [-0.25, -0.2) is 0 Å². The van der Waals surface area contributed by atoms with Crippen LogP contribution in [0.15, 0.2) is 0 Å². The van der Waals surface area contributed by atoms with Crippen LogP contribution < -0.4 is 5.32 Å². The lowest BCUT2D eigenvalue weighted by Gasteiger charge is -2.29. The van der Waals surface area contributed by atoms with Crippen molar-refractivity contribution in [3.63, 3.8) is 0 Å². The third kappa shape index (κ3) is 6.00. The van der Waals surface area contributed by atoms with Gasteiger partial charge in [0.2, 0.25) is 0 Å². The Morgan fingerprint density at radius 3 is 2.41 bits per heavy atom. The molecule has 0 heterocycles. The summed E-state index contributed by atoms with van der Waals surface area (Å²) in [5.41, 5.74) is -3.94. The quantitative estimate of drug-likeness (QED) is 0.695. The maximum atomic E-state index is 12.1. The molecule has 0 saturated heterocycles. The van der Waals surface area contributed by atoms with Crippen molar-refractivity contribution in [3.8, 4) is 0 Å². The molecule has 1 nitrogen and oxygen atoms in total. The topological polar surface area (TPSA) is 12.0 Å². The van der Waals surface area contributed by atoms with E-state index in [4.69, 9.17) is 0 Å². The fourth-order valence-corrected chi connectivity index (χ4v) is 3.32. The van der Waals surface area contributed by atoms with E-state index < -0.39 is 5.51 Å². The van der Waals surface area contributed by atoms with Crippen LogP contribution in [0.1, 0.15) is 45.4 Å². The molecule has 0 aromatic rings. The van der Waals surface area contributed by atoms with E-state index in [2.05, 4.69) is 12.2 Å². The van der Waals surface area contributed by atoms with Gasteiger partial charge in [-0.05, 0) is 37.6 Å². The number of hydrogen-bond acceptors (Lipinski definition) is 2. The highest BCUT2D eigenvalue weighted by atomic mass is 32.2. The van der Waals surface area contributed by atoms with Crippen molar-refractivity contribution in [3.05, 3.63) is 0 Å². The summed E-state index contributed by atoms with van der Waals surface area (Å²) in [4.78, 5) is 0. The lowest BCUT2D eigenvalue weighted by molar-refractivity contribution is -0.0329. The number of thioether (sulfide) groups is 1. The average molecular weight is 269 g/mol. The maximum Gasteiger partial charge on any atom is 0.441 e. The second-order valence-corrected chi connectivity index (χ2v) is 6.09. The molecule has 102 valence electrons. The van der Waals surface area contributed by atoms with E-state index in [9.17, 15) is 13.2 Å². The Morgan fingerprint density at radius 2 is 1.88 bits per heavy atom. The number of hydrogen-bond donors (Lipinski definition) is 1. The second kappa shape index (κ2) is 6.88. The van der Waals surface area contributed by atoms with Crippen molar-refractivity contribution >= 4 is 11.8 Å². The molecule has 5 heteroatoms. The summed E-state index contributed by atoms with van der Waals surface area (Å²) in [5.74, 6) is 0.206. The summed E-state index contributed by atoms with van der Waals surface area (Å²) in [7, 11) is 0. The minimum atomic E-state index is -4.07. The van der Waals surface area contributed by atoms with E-state index >= 15 is 0 Å². The van der Waals surface area contributed by atoms with Crippen LogP contribution in [-0.4, -0.2) is 24.4 Å². The molecule has 1 fully saturated rings. The minimum absolute atomic E-state index is 0.130. The van der Waals surface area contributed by atoms with Crippen molar-refractivity contribution < 1.29 is 13.2 Å². The van der Waals surface area contributed by atoms with Gasteiger partial charge in [-0.3, -0.25) is 0 Å². The van der Waals surface area contributed by atoms with Crippen molar-refractivity contribution in [2.75, 3.05) is 18.8 Å². The minimum Gasteiger partial charge on any atom is -0.316 e. The standard InChI is InChI=1S/C12H22F3NS/c1-2-8-16-10-11(5-3-4-6-11)7-9-17-12(13,14)15/h16H,2-10H2,1H3. The zero-order valence-electron chi connectivity index (χ0n) is 10.4. The molecular weight excluding hydrogens is 247 g/mol. The van der Waals surface area contributed by atoms with Crippen LogP contribution in [0.5, 0.6) is 0 Å². The van der Waals surface area contributed by atoms with E-state index in [-0.39, 0.29) is 22.9 Å².